The number of amides is 1. The minimum absolute atomic E-state index is 0.00410. The Morgan fingerprint density at radius 3 is 2.76 bits per heavy atom. The fourth-order valence-corrected chi connectivity index (χ4v) is 1.83. The molecule has 0 unspecified atom stereocenters. The Balaban J connectivity index is 1.88. The van der Waals surface area contributed by atoms with Gasteiger partial charge < -0.3 is 10.6 Å². The van der Waals surface area contributed by atoms with E-state index in [-0.39, 0.29) is 5.91 Å². The summed E-state index contributed by atoms with van der Waals surface area (Å²) in [5.74, 6) is 0.00410. The van der Waals surface area contributed by atoms with Gasteiger partial charge in [0.05, 0.1) is 0 Å². The lowest BCUT2D eigenvalue weighted by Gasteiger charge is -2.14. The van der Waals surface area contributed by atoms with E-state index in [2.05, 4.69) is 16.7 Å². The highest BCUT2D eigenvalue weighted by molar-refractivity contribution is 5.94. The maximum absolute atomic E-state index is 11.8. The average molecular weight is 230 g/mol. The van der Waals surface area contributed by atoms with Gasteiger partial charge in [-0.1, -0.05) is 29.3 Å². The summed E-state index contributed by atoms with van der Waals surface area (Å²) in [5.41, 5.74) is 3.21. The van der Waals surface area contributed by atoms with Crippen molar-refractivity contribution >= 4 is 5.91 Å². The molecule has 0 aromatic heterocycles. The van der Waals surface area contributed by atoms with E-state index in [0.29, 0.717) is 6.54 Å². The summed E-state index contributed by atoms with van der Waals surface area (Å²) in [7, 11) is 0. The standard InChI is InChI=1S/C14H18N2O/c1-11-2-4-13(5-3-11)14(17)16-10-12-6-8-15-9-7-12/h2-6,15H,7-10H2,1H3,(H,16,17). The third kappa shape index (κ3) is 3.43. The molecule has 3 nitrogen and oxygen atoms in total. The third-order valence-corrected chi connectivity index (χ3v) is 2.95. The minimum atomic E-state index is 0.00410. The van der Waals surface area contributed by atoms with Gasteiger partial charge in [-0.25, -0.2) is 0 Å². The number of nitrogens with one attached hydrogen (secondary N) is 2. The van der Waals surface area contributed by atoms with E-state index in [1.54, 1.807) is 0 Å². The SMILES string of the molecule is Cc1ccc(C(=O)NCC2=CCNCC2)cc1. The van der Waals surface area contributed by atoms with E-state index in [1.165, 1.54) is 11.1 Å². The van der Waals surface area contributed by atoms with Crippen LogP contribution in [0.15, 0.2) is 35.9 Å². The summed E-state index contributed by atoms with van der Waals surface area (Å²) in [6.45, 7) is 4.60. The smallest absolute Gasteiger partial charge is 0.251 e. The molecule has 17 heavy (non-hydrogen) atoms. The van der Waals surface area contributed by atoms with Crippen LogP contribution in [0.4, 0.5) is 0 Å². The van der Waals surface area contributed by atoms with Crippen LogP contribution in [0.3, 0.4) is 0 Å². The minimum Gasteiger partial charge on any atom is -0.348 e. The van der Waals surface area contributed by atoms with Crippen LogP contribution in [0.5, 0.6) is 0 Å². The number of carbonyl (C=O) groups excluding carboxylic acids is 1. The number of hydrogen-bond acceptors (Lipinski definition) is 2. The highest BCUT2D eigenvalue weighted by Gasteiger charge is 2.07. The molecule has 1 heterocycles. The molecule has 0 spiro atoms. The lowest BCUT2D eigenvalue weighted by Crippen LogP contribution is -2.29. The maximum atomic E-state index is 11.8. The summed E-state index contributed by atoms with van der Waals surface area (Å²) >= 11 is 0. The van der Waals surface area contributed by atoms with Crippen LogP contribution in [0.25, 0.3) is 0 Å². The number of rotatable bonds is 3. The summed E-state index contributed by atoms with van der Waals surface area (Å²) in [6, 6.07) is 7.64. The zero-order valence-electron chi connectivity index (χ0n) is 10.1. The van der Waals surface area contributed by atoms with Crippen LogP contribution in [-0.2, 0) is 0 Å². The van der Waals surface area contributed by atoms with E-state index in [9.17, 15) is 4.79 Å². The Hall–Kier alpha value is -1.61. The molecule has 1 aliphatic heterocycles. The third-order valence-electron chi connectivity index (χ3n) is 2.95. The zero-order chi connectivity index (χ0) is 12.1. The molecule has 1 aromatic rings. The molecule has 0 aliphatic carbocycles. The van der Waals surface area contributed by atoms with E-state index in [1.807, 2.05) is 31.2 Å². The lowest BCUT2D eigenvalue weighted by molar-refractivity contribution is 0.0956. The zero-order valence-corrected chi connectivity index (χ0v) is 10.1. The van der Waals surface area contributed by atoms with Gasteiger partial charge in [0.1, 0.15) is 0 Å². The van der Waals surface area contributed by atoms with Crippen LogP contribution >= 0.6 is 0 Å². The molecule has 1 amide bonds. The second-order valence-electron chi connectivity index (χ2n) is 4.37. The van der Waals surface area contributed by atoms with Crippen LogP contribution in [-0.4, -0.2) is 25.5 Å². The van der Waals surface area contributed by atoms with Crippen molar-refractivity contribution in [2.75, 3.05) is 19.6 Å². The largest absolute Gasteiger partial charge is 0.348 e. The lowest BCUT2D eigenvalue weighted by atomic mass is 10.1. The van der Waals surface area contributed by atoms with Gasteiger partial charge in [-0.2, -0.15) is 0 Å². The Morgan fingerprint density at radius 2 is 2.12 bits per heavy atom. The number of hydrogen-bond donors (Lipinski definition) is 2. The van der Waals surface area contributed by atoms with Gasteiger partial charge in [0.25, 0.3) is 5.91 Å². The van der Waals surface area contributed by atoms with Gasteiger partial charge in [0.2, 0.25) is 0 Å². The first-order chi connectivity index (χ1) is 8.25. The predicted molar refractivity (Wildman–Crippen MR) is 69.1 cm³/mol. The van der Waals surface area contributed by atoms with Crippen molar-refractivity contribution in [1.82, 2.24) is 10.6 Å². The first-order valence-corrected chi connectivity index (χ1v) is 5.99. The van der Waals surface area contributed by atoms with Gasteiger partial charge >= 0.3 is 0 Å². The monoisotopic (exact) mass is 230 g/mol. The molecule has 2 rings (SSSR count). The summed E-state index contributed by atoms with van der Waals surface area (Å²) < 4.78 is 0. The molecule has 1 aliphatic rings. The molecule has 0 bridgehead atoms. The quantitative estimate of drug-likeness (QED) is 0.775. The van der Waals surface area contributed by atoms with Crippen molar-refractivity contribution in [1.29, 1.82) is 0 Å². The van der Waals surface area contributed by atoms with Crippen molar-refractivity contribution in [2.24, 2.45) is 0 Å². The molecule has 3 heteroatoms. The molecule has 0 saturated carbocycles. The van der Waals surface area contributed by atoms with E-state index < -0.39 is 0 Å². The molecule has 0 fully saturated rings. The molecule has 90 valence electrons. The maximum Gasteiger partial charge on any atom is 0.251 e. The van der Waals surface area contributed by atoms with E-state index in [0.717, 1.165) is 25.1 Å². The molecule has 0 atom stereocenters. The van der Waals surface area contributed by atoms with Crippen molar-refractivity contribution in [2.45, 2.75) is 13.3 Å². The first-order valence-electron chi connectivity index (χ1n) is 5.99. The predicted octanol–water partition coefficient (Wildman–Crippen LogP) is 1.64. The molecule has 0 saturated heterocycles. The van der Waals surface area contributed by atoms with Crippen LogP contribution in [0.1, 0.15) is 22.3 Å². The van der Waals surface area contributed by atoms with Gasteiger partial charge in [-0.15, -0.1) is 0 Å². The van der Waals surface area contributed by atoms with Crippen molar-refractivity contribution in [3.63, 3.8) is 0 Å². The normalized spacial score (nSPS) is 15.2. The molecular formula is C14H18N2O. The molecule has 0 radical (unpaired) electrons. The Kier molecular flexibility index (Phi) is 3.94. The van der Waals surface area contributed by atoms with Crippen LogP contribution in [0.2, 0.25) is 0 Å². The van der Waals surface area contributed by atoms with Gasteiger partial charge in [0.15, 0.2) is 0 Å². The fraction of sp³-hybridized carbons (Fsp3) is 0.357. The molecule has 2 N–H and O–H groups in total. The molecule has 1 aromatic carbocycles. The van der Waals surface area contributed by atoms with Gasteiger partial charge in [-0.3, -0.25) is 4.79 Å². The van der Waals surface area contributed by atoms with Gasteiger partial charge in [-0.05, 0) is 32.0 Å². The Morgan fingerprint density at radius 1 is 1.35 bits per heavy atom. The summed E-state index contributed by atoms with van der Waals surface area (Å²) in [4.78, 5) is 11.8. The van der Waals surface area contributed by atoms with E-state index >= 15 is 0 Å². The van der Waals surface area contributed by atoms with Crippen molar-refractivity contribution in [3.8, 4) is 0 Å². The van der Waals surface area contributed by atoms with Crippen LogP contribution in [0, 0.1) is 6.92 Å². The van der Waals surface area contributed by atoms with E-state index in [4.69, 9.17) is 0 Å². The number of carbonyl (C=O) groups is 1. The summed E-state index contributed by atoms with van der Waals surface area (Å²) in [6.07, 6.45) is 3.17. The second kappa shape index (κ2) is 5.64. The van der Waals surface area contributed by atoms with Gasteiger partial charge in [0, 0.05) is 18.7 Å². The topological polar surface area (TPSA) is 41.1 Å². The Labute approximate surface area is 102 Å². The number of aryl methyl sites for hydroxylation is 1. The highest BCUT2D eigenvalue weighted by Crippen LogP contribution is 2.05. The second-order valence-corrected chi connectivity index (χ2v) is 4.37. The highest BCUT2D eigenvalue weighted by atomic mass is 16.1. The van der Waals surface area contributed by atoms with Crippen LogP contribution < -0.4 is 10.6 Å². The number of benzene rings is 1. The average Bonchev–Trinajstić information content (AvgIpc) is 2.38. The Bertz CT molecular complexity index is 420. The fourth-order valence-electron chi connectivity index (χ4n) is 1.83. The first kappa shape index (κ1) is 11.9. The van der Waals surface area contributed by atoms with Crippen molar-refractivity contribution in [3.05, 3.63) is 47.0 Å². The van der Waals surface area contributed by atoms with Crippen molar-refractivity contribution < 1.29 is 4.79 Å². The summed E-state index contributed by atoms with van der Waals surface area (Å²) in [5, 5.41) is 6.20. The molecular weight excluding hydrogens is 212 g/mol.